The Morgan fingerprint density at radius 2 is 1.92 bits per heavy atom. The minimum atomic E-state index is 0.502. The van der Waals surface area contributed by atoms with E-state index >= 15 is 0 Å². The molecule has 0 saturated heterocycles. The van der Waals surface area contributed by atoms with Gasteiger partial charge >= 0.3 is 6.07 Å². The Morgan fingerprint density at radius 1 is 1.31 bits per heavy atom. The zero-order valence-electron chi connectivity index (χ0n) is 7.95. The molecule has 0 N–H and O–H groups in total. The minimum absolute atomic E-state index is 0.502. The normalized spacial score (nSPS) is 9.46. The summed E-state index contributed by atoms with van der Waals surface area (Å²) in [6, 6.07) is 10.5. The van der Waals surface area contributed by atoms with E-state index in [-0.39, 0.29) is 0 Å². The largest absolute Gasteiger partial charge is 0.498 e. The van der Waals surface area contributed by atoms with Gasteiger partial charge in [0.05, 0.1) is 0 Å². The third kappa shape index (κ3) is 2.79. The second kappa shape index (κ2) is 4.51. The summed E-state index contributed by atoms with van der Waals surface area (Å²) >= 11 is 0. The van der Waals surface area contributed by atoms with E-state index in [0.29, 0.717) is 12.3 Å². The average Bonchev–Trinajstić information content (AvgIpc) is 2.15. The molecule has 0 unspecified atom stereocenters. The van der Waals surface area contributed by atoms with Gasteiger partial charge in [-0.05, 0) is 17.0 Å². The van der Waals surface area contributed by atoms with Crippen LogP contribution < -0.4 is 0 Å². The fraction of sp³-hybridized carbons (Fsp3) is 0.364. The molecule has 13 heavy (non-hydrogen) atoms. The Bertz CT molecular complexity index is 316. The Labute approximate surface area is 78.6 Å². The first kappa shape index (κ1) is 9.60. The molecule has 0 fully saturated rings. The molecule has 1 rings (SSSR count). The average molecular weight is 175 g/mol. The first-order chi connectivity index (χ1) is 6.24. The molecule has 2 heteroatoms. The fourth-order valence-electron chi connectivity index (χ4n) is 1.14. The summed E-state index contributed by atoms with van der Waals surface area (Å²) in [5, 5.41) is 12.4. The lowest BCUT2D eigenvalue weighted by molar-refractivity contribution is 0.865. The van der Waals surface area contributed by atoms with Crippen molar-refractivity contribution in [2.75, 3.05) is 0 Å². The van der Waals surface area contributed by atoms with E-state index in [4.69, 9.17) is 0 Å². The van der Waals surface area contributed by atoms with Gasteiger partial charge in [-0.1, -0.05) is 38.1 Å². The van der Waals surface area contributed by atoms with Crippen molar-refractivity contribution in [3.8, 4) is 6.07 Å². The van der Waals surface area contributed by atoms with E-state index in [1.165, 1.54) is 5.56 Å². The Hall–Kier alpha value is -1.49. The maximum atomic E-state index is 9.79. The molecule has 0 amide bonds. The molecule has 0 aliphatic rings. The van der Waals surface area contributed by atoms with Crippen LogP contribution in [0.25, 0.3) is 5.01 Å². The van der Waals surface area contributed by atoms with E-state index in [0.717, 1.165) is 5.56 Å². The van der Waals surface area contributed by atoms with Crippen LogP contribution in [0.15, 0.2) is 24.3 Å². The maximum absolute atomic E-state index is 9.79. The van der Waals surface area contributed by atoms with Gasteiger partial charge in [-0.3, -0.25) is 0 Å². The van der Waals surface area contributed by atoms with Crippen molar-refractivity contribution in [2.24, 2.45) is 0 Å². The van der Waals surface area contributed by atoms with Crippen LogP contribution in [0, 0.1) is 11.3 Å². The topological polar surface area (TPSA) is 27.4 Å². The first-order valence-electron chi connectivity index (χ1n) is 4.38. The molecule has 0 bridgehead atoms. The minimum Gasteiger partial charge on any atom is -0.498 e. The van der Waals surface area contributed by atoms with Gasteiger partial charge in [0.15, 0.2) is 0 Å². The summed E-state index contributed by atoms with van der Waals surface area (Å²) in [7, 11) is 0. The number of hydrogen-bond donors (Lipinski definition) is 0. The molecule has 0 aliphatic carbocycles. The van der Waals surface area contributed by atoms with E-state index in [1.807, 2.05) is 12.1 Å². The molecule has 1 aromatic rings. The first-order valence-corrected chi connectivity index (χ1v) is 4.38. The summed E-state index contributed by atoms with van der Waals surface area (Å²) in [5.41, 5.74) is 2.38. The van der Waals surface area contributed by atoms with Gasteiger partial charge in [0.2, 0.25) is 0 Å². The molecule has 2 nitrogen and oxygen atoms in total. The predicted octanol–water partition coefficient (Wildman–Crippen LogP) is 3.18. The SMILES string of the molecule is CC(C)c1ccc(CC#[N+][O-])cc1. The van der Waals surface area contributed by atoms with Crippen LogP contribution in [0.3, 0.4) is 0 Å². The van der Waals surface area contributed by atoms with Crippen molar-refractivity contribution in [1.29, 1.82) is 0 Å². The van der Waals surface area contributed by atoms with Crippen LogP contribution in [0.2, 0.25) is 0 Å². The standard InChI is InChI=1S/C11H13NO/c1-9(2)11-5-3-10(4-6-11)7-8-12-13/h3-6,9H,7H2,1-2H3. The molecular formula is C11H13NO. The predicted molar refractivity (Wildman–Crippen MR) is 54.8 cm³/mol. The zero-order chi connectivity index (χ0) is 9.68. The van der Waals surface area contributed by atoms with Crippen molar-refractivity contribution >= 4 is 0 Å². The maximum Gasteiger partial charge on any atom is 0.303 e. The lowest BCUT2D eigenvalue weighted by Gasteiger charge is -2.04. The van der Waals surface area contributed by atoms with Crippen molar-refractivity contribution in [2.45, 2.75) is 26.2 Å². The second-order valence-electron chi connectivity index (χ2n) is 3.32. The third-order valence-electron chi connectivity index (χ3n) is 1.99. The molecule has 0 aromatic heterocycles. The van der Waals surface area contributed by atoms with Gasteiger partial charge in [-0.25, -0.2) is 0 Å². The highest BCUT2D eigenvalue weighted by atomic mass is 16.4. The zero-order valence-corrected chi connectivity index (χ0v) is 7.95. The summed E-state index contributed by atoms with van der Waals surface area (Å²) in [4.78, 5) is 0. The smallest absolute Gasteiger partial charge is 0.303 e. The van der Waals surface area contributed by atoms with Crippen LogP contribution >= 0.6 is 0 Å². The molecule has 1 aromatic carbocycles. The van der Waals surface area contributed by atoms with E-state index in [9.17, 15) is 5.21 Å². The van der Waals surface area contributed by atoms with E-state index in [1.54, 1.807) is 0 Å². The van der Waals surface area contributed by atoms with E-state index in [2.05, 4.69) is 37.1 Å². The molecular weight excluding hydrogens is 162 g/mol. The molecule has 0 saturated carbocycles. The van der Waals surface area contributed by atoms with Crippen molar-refractivity contribution in [3.05, 3.63) is 45.6 Å². The van der Waals surface area contributed by atoms with Gasteiger partial charge in [0.25, 0.3) is 0 Å². The van der Waals surface area contributed by atoms with Crippen LogP contribution in [0.4, 0.5) is 0 Å². The number of hydrogen-bond acceptors (Lipinski definition) is 1. The van der Waals surface area contributed by atoms with Gasteiger partial charge in [-0.15, -0.1) is 0 Å². The number of nitrogens with zero attached hydrogens (tertiary/aromatic N) is 1. The molecule has 0 heterocycles. The van der Waals surface area contributed by atoms with Gasteiger partial charge < -0.3 is 5.21 Å². The highest BCUT2D eigenvalue weighted by molar-refractivity contribution is 5.26. The third-order valence-corrected chi connectivity index (χ3v) is 1.99. The van der Waals surface area contributed by atoms with Crippen LogP contribution in [0.5, 0.6) is 0 Å². The molecule has 68 valence electrons. The van der Waals surface area contributed by atoms with Gasteiger partial charge in [0, 0.05) is 5.01 Å². The van der Waals surface area contributed by atoms with Crippen molar-refractivity contribution in [1.82, 2.24) is 0 Å². The highest BCUT2D eigenvalue weighted by Gasteiger charge is 1.98. The summed E-state index contributed by atoms with van der Waals surface area (Å²) in [6.45, 7) is 4.31. The Balaban J connectivity index is 2.73. The quantitative estimate of drug-likeness (QED) is 0.634. The van der Waals surface area contributed by atoms with Gasteiger partial charge in [0.1, 0.15) is 6.42 Å². The lowest BCUT2D eigenvalue weighted by atomic mass is 10.0. The second-order valence-corrected chi connectivity index (χ2v) is 3.32. The molecule has 0 spiro atoms. The molecule has 0 radical (unpaired) electrons. The van der Waals surface area contributed by atoms with Crippen LogP contribution in [-0.4, -0.2) is 0 Å². The number of benzene rings is 1. The Kier molecular flexibility index (Phi) is 3.33. The number of rotatable bonds is 2. The highest BCUT2D eigenvalue weighted by Crippen LogP contribution is 2.14. The fourth-order valence-corrected chi connectivity index (χ4v) is 1.14. The summed E-state index contributed by atoms with van der Waals surface area (Å²) < 4.78 is 0. The monoisotopic (exact) mass is 175 g/mol. The summed E-state index contributed by atoms with van der Waals surface area (Å²) in [6.07, 6.45) is 0.502. The Morgan fingerprint density at radius 3 is 2.38 bits per heavy atom. The van der Waals surface area contributed by atoms with Gasteiger partial charge in [-0.2, -0.15) is 0 Å². The lowest BCUT2D eigenvalue weighted by Crippen LogP contribution is -1.87. The van der Waals surface area contributed by atoms with Crippen molar-refractivity contribution < 1.29 is 0 Å². The van der Waals surface area contributed by atoms with Crippen LogP contribution in [0.1, 0.15) is 30.9 Å². The molecule has 0 aliphatic heterocycles. The summed E-state index contributed by atoms with van der Waals surface area (Å²) in [5.74, 6) is 0.547. The van der Waals surface area contributed by atoms with Crippen molar-refractivity contribution in [3.63, 3.8) is 0 Å². The van der Waals surface area contributed by atoms with Crippen LogP contribution in [-0.2, 0) is 6.42 Å². The molecule has 0 atom stereocenters. The van der Waals surface area contributed by atoms with E-state index < -0.39 is 0 Å².